The fourth-order valence-electron chi connectivity index (χ4n) is 2.73. The highest BCUT2D eigenvalue weighted by molar-refractivity contribution is 5.96. The summed E-state index contributed by atoms with van der Waals surface area (Å²) in [5.41, 5.74) is 1.09. The lowest BCUT2D eigenvalue weighted by molar-refractivity contribution is 0.0311. The maximum Gasteiger partial charge on any atom is 0.339 e. The number of nitrogens with zero attached hydrogens (tertiary/aromatic N) is 2. The van der Waals surface area contributed by atoms with E-state index in [1.54, 1.807) is 25.1 Å². The summed E-state index contributed by atoms with van der Waals surface area (Å²) in [7, 11) is 0. The van der Waals surface area contributed by atoms with Gasteiger partial charge in [-0.25, -0.2) is 4.79 Å². The summed E-state index contributed by atoms with van der Waals surface area (Å²) in [6, 6.07) is 7.17. The molecule has 1 aliphatic carbocycles. The molecule has 5 heteroatoms. The Balaban J connectivity index is 1.83. The molecule has 3 rings (SSSR count). The van der Waals surface area contributed by atoms with E-state index >= 15 is 0 Å². The lowest BCUT2D eigenvalue weighted by Gasteiger charge is -2.13. The van der Waals surface area contributed by atoms with Gasteiger partial charge in [0.2, 0.25) is 11.8 Å². The first-order valence-corrected chi connectivity index (χ1v) is 7.24. The molecule has 1 fully saturated rings. The predicted molar refractivity (Wildman–Crippen MR) is 76.7 cm³/mol. The Labute approximate surface area is 123 Å². The summed E-state index contributed by atoms with van der Waals surface area (Å²) >= 11 is 0. The van der Waals surface area contributed by atoms with E-state index in [0.717, 1.165) is 19.3 Å². The van der Waals surface area contributed by atoms with Gasteiger partial charge in [-0.15, -0.1) is 10.2 Å². The number of esters is 1. The lowest BCUT2D eigenvalue weighted by atomic mass is 10.1. The third kappa shape index (κ3) is 2.96. The van der Waals surface area contributed by atoms with Crippen LogP contribution in [-0.4, -0.2) is 22.3 Å². The molecule has 1 aromatic carbocycles. The highest BCUT2D eigenvalue weighted by Gasteiger charge is 2.26. The standard InChI is InChI=1S/C16H18N2O3/c1-10-7-8-12(9-10)21-16(19)14-6-4-3-5-13(14)15-18-17-11(2)20-15/h3-6,10,12H,7-9H2,1-2H3/t10-,12+/m0/s1. The molecule has 0 spiro atoms. The number of carbonyl (C=O) groups is 1. The van der Waals surface area contributed by atoms with Crippen LogP contribution in [0.4, 0.5) is 0 Å². The first-order chi connectivity index (χ1) is 10.1. The molecule has 21 heavy (non-hydrogen) atoms. The number of ether oxygens (including phenoxy) is 1. The van der Waals surface area contributed by atoms with Gasteiger partial charge in [0, 0.05) is 6.92 Å². The SMILES string of the molecule is Cc1nnc(-c2ccccc2C(=O)O[C@@H]2CC[C@H](C)C2)o1. The van der Waals surface area contributed by atoms with Crippen molar-refractivity contribution < 1.29 is 13.9 Å². The van der Waals surface area contributed by atoms with E-state index in [4.69, 9.17) is 9.15 Å². The van der Waals surface area contributed by atoms with Gasteiger partial charge in [-0.2, -0.15) is 0 Å². The van der Waals surface area contributed by atoms with Crippen molar-refractivity contribution in [1.82, 2.24) is 10.2 Å². The van der Waals surface area contributed by atoms with E-state index in [9.17, 15) is 4.79 Å². The normalized spacial score (nSPS) is 21.4. The zero-order valence-corrected chi connectivity index (χ0v) is 12.2. The Kier molecular flexibility index (Phi) is 3.73. The molecule has 0 unspecified atom stereocenters. The van der Waals surface area contributed by atoms with Crippen molar-refractivity contribution in [2.75, 3.05) is 0 Å². The summed E-state index contributed by atoms with van der Waals surface area (Å²) in [4.78, 5) is 12.4. The van der Waals surface area contributed by atoms with E-state index in [0.29, 0.717) is 28.8 Å². The van der Waals surface area contributed by atoms with Crippen LogP contribution in [0.5, 0.6) is 0 Å². The molecule has 1 aliphatic rings. The van der Waals surface area contributed by atoms with Crippen molar-refractivity contribution in [3.05, 3.63) is 35.7 Å². The number of aryl methyl sites for hydroxylation is 1. The number of hydrogen-bond acceptors (Lipinski definition) is 5. The fourth-order valence-corrected chi connectivity index (χ4v) is 2.73. The van der Waals surface area contributed by atoms with Crippen LogP contribution in [0.3, 0.4) is 0 Å². The minimum atomic E-state index is -0.319. The lowest BCUT2D eigenvalue weighted by Crippen LogP contribution is -2.16. The Hall–Kier alpha value is -2.17. The number of rotatable bonds is 3. The topological polar surface area (TPSA) is 65.2 Å². The van der Waals surface area contributed by atoms with Crippen LogP contribution in [0.2, 0.25) is 0 Å². The molecule has 0 bridgehead atoms. The molecule has 1 saturated carbocycles. The smallest absolute Gasteiger partial charge is 0.339 e. The quantitative estimate of drug-likeness (QED) is 0.809. The fraction of sp³-hybridized carbons (Fsp3) is 0.438. The van der Waals surface area contributed by atoms with Gasteiger partial charge < -0.3 is 9.15 Å². The maximum absolute atomic E-state index is 12.4. The van der Waals surface area contributed by atoms with Crippen LogP contribution in [0.25, 0.3) is 11.5 Å². The first kappa shape index (κ1) is 13.8. The molecule has 2 atom stereocenters. The molecule has 2 aromatic rings. The number of hydrogen-bond donors (Lipinski definition) is 0. The number of benzene rings is 1. The van der Waals surface area contributed by atoms with Crippen molar-refractivity contribution in [2.24, 2.45) is 5.92 Å². The van der Waals surface area contributed by atoms with E-state index in [1.165, 1.54) is 0 Å². The van der Waals surface area contributed by atoms with E-state index < -0.39 is 0 Å². The van der Waals surface area contributed by atoms with Crippen LogP contribution >= 0.6 is 0 Å². The molecule has 110 valence electrons. The summed E-state index contributed by atoms with van der Waals surface area (Å²) in [5, 5.41) is 7.79. The van der Waals surface area contributed by atoms with Crippen LogP contribution in [-0.2, 0) is 4.74 Å². The summed E-state index contributed by atoms with van der Waals surface area (Å²) in [6.45, 7) is 3.90. The average molecular weight is 286 g/mol. The Morgan fingerprint density at radius 1 is 1.29 bits per heavy atom. The van der Waals surface area contributed by atoms with Gasteiger partial charge in [-0.1, -0.05) is 19.1 Å². The molecule has 5 nitrogen and oxygen atoms in total. The van der Waals surface area contributed by atoms with Gasteiger partial charge in [0.05, 0.1) is 11.1 Å². The molecule has 0 amide bonds. The summed E-state index contributed by atoms with van der Waals surface area (Å²) in [6.07, 6.45) is 3.01. The molecule has 0 radical (unpaired) electrons. The van der Waals surface area contributed by atoms with Crippen LogP contribution in [0.15, 0.2) is 28.7 Å². The second kappa shape index (κ2) is 5.68. The number of aromatic nitrogens is 2. The molecule has 0 N–H and O–H groups in total. The van der Waals surface area contributed by atoms with E-state index in [-0.39, 0.29) is 12.1 Å². The van der Waals surface area contributed by atoms with Gasteiger partial charge in [-0.05, 0) is 37.3 Å². The molecule has 1 heterocycles. The molecule has 0 saturated heterocycles. The van der Waals surface area contributed by atoms with Crippen LogP contribution in [0, 0.1) is 12.8 Å². The Morgan fingerprint density at radius 2 is 2.10 bits per heavy atom. The molecule has 1 aromatic heterocycles. The van der Waals surface area contributed by atoms with Crippen molar-refractivity contribution in [3.63, 3.8) is 0 Å². The van der Waals surface area contributed by atoms with Crippen molar-refractivity contribution in [2.45, 2.75) is 39.2 Å². The van der Waals surface area contributed by atoms with E-state index in [2.05, 4.69) is 17.1 Å². The highest BCUT2D eigenvalue weighted by atomic mass is 16.5. The van der Waals surface area contributed by atoms with Crippen molar-refractivity contribution in [3.8, 4) is 11.5 Å². The predicted octanol–water partition coefficient (Wildman–Crippen LogP) is 3.39. The zero-order chi connectivity index (χ0) is 14.8. The van der Waals surface area contributed by atoms with Gasteiger partial charge in [-0.3, -0.25) is 0 Å². The summed E-state index contributed by atoms with van der Waals surface area (Å²) < 4.78 is 11.0. The summed E-state index contributed by atoms with van der Waals surface area (Å²) in [5.74, 6) is 1.12. The highest BCUT2D eigenvalue weighted by Crippen LogP contribution is 2.29. The van der Waals surface area contributed by atoms with Gasteiger partial charge in [0.25, 0.3) is 0 Å². The van der Waals surface area contributed by atoms with Gasteiger partial charge in [0.15, 0.2) is 0 Å². The number of carbonyl (C=O) groups excluding carboxylic acids is 1. The molecule has 0 aliphatic heterocycles. The van der Waals surface area contributed by atoms with Crippen LogP contribution < -0.4 is 0 Å². The Bertz CT molecular complexity index is 650. The largest absolute Gasteiger partial charge is 0.459 e. The third-order valence-corrected chi connectivity index (χ3v) is 3.82. The molecular weight excluding hydrogens is 268 g/mol. The molecular formula is C16H18N2O3. The van der Waals surface area contributed by atoms with Crippen molar-refractivity contribution >= 4 is 5.97 Å². The minimum Gasteiger partial charge on any atom is -0.459 e. The third-order valence-electron chi connectivity index (χ3n) is 3.82. The zero-order valence-electron chi connectivity index (χ0n) is 12.2. The van der Waals surface area contributed by atoms with E-state index in [1.807, 2.05) is 6.07 Å². The van der Waals surface area contributed by atoms with Gasteiger partial charge >= 0.3 is 5.97 Å². The first-order valence-electron chi connectivity index (χ1n) is 7.24. The second-order valence-electron chi connectivity index (χ2n) is 5.62. The second-order valence-corrected chi connectivity index (χ2v) is 5.62. The van der Waals surface area contributed by atoms with Crippen molar-refractivity contribution in [1.29, 1.82) is 0 Å². The average Bonchev–Trinajstić information content (AvgIpc) is 3.07. The Morgan fingerprint density at radius 3 is 2.76 bits per heavy atom. The minimum absolute atomic E-state index is 0.0185. The maximum atomic E-state index is 12.4. The monoisotopic (exact) mass is 286 g/mol. The van der Waals surface area contributed by atoms with Gasteiger partial charge in [0.1, 0.15) is 6.10 Å². The van der Waals surface area contributed by atoms with Crippen LogP contribution in [0.1, 0.15) is 42.4 Å².